The Morgan fingerprint density at radius 2 is 1.19 bits per heavy atom. The normalized spacial score (nSPS) is 10.0. The van der Waals surface area contributed by atoms with E-state index in [1.807, 2.05) is 55.4 Å². The number of aromatic nitrogens is 1. The maximum Gasteiger partial charge on any atom is 0.213 e. The molecule has 26 heavy (non-hydrogen) atoms. The van der Waals surface area contributed by atoms with Crippen LogP contribution in [0.4, 0.5) is 0 Å². The highest BCUT2D eigenvalue weighted by atomic mass is 15.0. The third-order valence-corrected chi connectivity index (χ3v) is 3.81. The van der Waals surface area contributed by atoms with Crippen LogP contribution in [0.15, 0.2) is 60.8 Å². The molecule has 0 bridgehead atoms. The van der Waals surface area contributed by atoms with E-state index in [0.29, 0.717) is 0 Å². The first-order valence-corrected chi connectivity index (χ1v) is 10.4. The van der Waals surface area contributed by atoms with Gasteiger partial charge in [0, 0.05) is 23.4 Å². The molecule has 2 aromatic carbocycles. The number of benzene rings is 2. The summed E-state index contributed by atoms with van der Waals surface area (Å²) in [5.74, 6) is 0. The predicted molar refractivity (Wildman–Crippen MR) is 119 cm³/mol. The molecule has 0 atom stereocenters. The van der Waals surface area contributed by atoms with Crippen molar-refractivity contribution in [3.63, 3.8) is 0 Å². The minimum Gasteiger partial charge on any atom is -0.197 e. The molecule has 4 rings (SSSR count). The van der Waals surface area contributed by atoms with Crippen molar-refractivity contribution in [1.29, 1.82) is 0 Å². The summed E-state index contributed by atoms with van der Waals surface area (Å²) < 4.78 is 2.38. The molecule has 2 heterocycles. The van der Waals surface area contributed by atoms with Crippen LogP contribution in [0.1, 0.15) is 61.0 Å². The Kier molecular flexibility index (Phi) is 12.9. The second-order valence-corrected chi connectivity index (χ2v) is 4.89. The summed E-state index contributed by atoms with van der Waals surface area (Å²) in [7, 11) is 0. The number of fused-ring (bicyclic) bond motifs is 4. The van der Waals surface area contributed by atoms with E-state index in [1.165, 1.54) is 27.6 Å². The number of hydrogen-bond acceptors (Lipinski definition) is 0. The van der Waals surface area contributed by atoms with E-state index >= 15 is 0 Å². The zero-order valence-electron chi connectivity index (χ0n) is 18.1. The van der Waals surface area contributed by atoms with E-state index in [9.17, 15) is 0 Å². The molecule has 1 aliphatic heterocycles. The van der Waals surface area contributed by atoms with E-state index in [2.05, 4.69) is 65.4 Å². The molecule has 0 saturated carbocycles. The van der Waals surface area contributed by atoms with Crippen molar-refractivity contribution in [2.75, 3.05) is 0 Å². The first kappa shape index (κ1) is 23.9. The maximum atomic E-state index is 2.38. The van der Waals surface area contributed by atoms with Gasteiger partial charge >= 0.3 is 0 Å². The van der Waals surface area contributed by atoms with Crippen LogP contribution in [0, 0.1) is 0 Å². The van der Waals surface area contributed by atoms with Crippen molar-refractivity contribution >= 4 is 10.8 Å². The van der Waals surface area contributed by atoms with E-state index in [4.69, 9.17) is 0 Å². The average molecular weight is 353 g/mol. The lowest BCUT2D eigenvalue weighted by Gasteiger charge is -2.14. The van der Waals surface area contributed by atoms with Gasteiger partial charge in [0.1, 0.15) is 0 Å². The second kappa shape index (κ2) is 14.1. The molecule has 0 radical (unpaired) electrons. The molecule has 0 saturated heterocycles. The minimum absolute atomic E-state index is 1.08. The lowest BCUT2D eigenvalue weighted by Crippen LogP contribution is -2.39. The Morgan fingerprint density at radius 3 is 1.85 bits per heavy atom. The van der Waals surface area contributed by atoms with Crippen LogP contribution in [0.5, 0.6) is 0 Å². The number of nitrogens with zero attached hydrogens (tertiary/aromatic N) is 1. The van der Waals surface area contributed by atoms with Crippen molar-refractivity contribution in [2.45, 2.75) is 68.4 Å². The van der Waals surface area contributed by atoms with Gasteiger partial charge < -0.3 is 0 Å². The zero-order valence-corrected chi connectivity index (χ0v) is 18.1. The summed E-state index contributed by atoms with van der Waals surface area (Å²) in [6.07, 6.45) is 3.41. The third kappa shape index (κ3) is 5.69. The zero-order chi connectivity index (χ0) is 19.9. The number of aryl methyl sites for hydroxylation is 2. The predicted octanol–water partition coefficient (Wildman–Crippen LogP) is 7.46. The lowest BCUT2D eigenvalue weighted by atomic mass is 9.96. The van der Waals surface area contributed by atoms with Gasteiger partial charge in [0.2, 0.25) is 5.69 Å². The molecule has 1 aliphatic rings. The van der Waals surface area contributed by atoms with Gasteiger partial charge in [-0.25, -0.2) is 0 Å². The van der Waals surface area contributed by atoms with E-state index < -0.39 is 0 Å². The molecular formula is C25H38N+. The summed E-state index contributed by atoms with van der Waals surface area (Å²) in [5.41, 5.74) is 4.19. The Balaban J connectivity index is 0.000000698. The summed E-state index contributed by atoms with van der Waals surface area (Å²) in [6, 6.07) is 19.6. The monoisotopic (exact) mass is 352 g/mol. The Bertz CT molecular complexity index is 744. The topological polar surface area (TPSA) is 3.88 Å². The largest absolute Gasteiger partial charge is 0.213 e. The molecule has 0 N–H and O–H groups in total. The molecule has 1 nitrogen and oxygen atoms in total. The molecule has 0 unspecified atom stereocenters. The van der Waals surface area contributed by atoms with Crippen molar-refractivity contribution in [1.82, 2.24) is 0 Å². The van der Waals surface area contributed by atoms with Gasteiger partial charge in [-0.3, -0.25) is 0 Å². The Morgan fingerprint density at radius 1 is 0.654 bits per heavy atom. The van der Waals surface area contributed by atoms with E-state index in [-0.39, 0.29) is 0 Å². The van der Waals surface area contributed by atoms with Crippen LogP contribution in [0.25, 0.3) is 22.0 Å². The summed E-state index contributed by atoms with van der Waals surface area (Å²) in [5, 5.41) is 2.64. The van der Waals surface area contributed by atoms with Crippen LogP contribution in [-0.2, 0) is 13.0 Å². The minimum atomic E-state index is 1.08. The number of pyridine rings is 1. The molecule has 0 fully saturated rings. The van der Waals surface area contributed by atoms with Gasteiger partial charge in [-0.2, -0.15) is 4.57 Å². The molecule has 0 aliphatic carbocycles. The third-order valence-electron chi connectivity index (χ3n) is 3.81. The molecule has 0 amide bonds. The van der Waals surface area contributed by atoms with Gasteiger partial charge in [0.25, 0.3) is 0 Å². The maximum absolute atomic E-state index is 2.38. The van der Waals surface area contributed by atoms with Gasteiger partial charge in [-0.15, -0.1) is 0 Å². The van der Waals surface area contributed by atoms with Crippen LogP contribution in [0.2, 0.25) is 0 Å². The van der Waals surface area contributed by atoms with E-state index in [1.54, 1.807) is 0 Å². The quantitative estimate of drug-likeness (QED) is 0.370. The SMILES string of the molecule is CC.CC.CC.CC.c1ccc2c(c1)CC[n+]1cc3ccccc3cc1-2. The first-order valence-electron chi connectivity index (χ1n) is 10.4. The van der Waals surface area contributed by atoms with Crippen molar-refractivity contribution in [2.24, 2.45) is 0 Å². The number of rotatable bonds is 0. The lowest BCUT2D eigenvalue weighted by molar-refractivity contribution is -0.686. The molecule has 142 valence electrons. The second-order valence-electron chi connectivity index (χ2n) is 4.89. The summed E-state index contributed by atoms with van der Waals surface area (Å²) in [6.45, 7) is 17.1. The number of hydrogen-bond donors (Lipinski definition) is 0. The highest BCUT2D eigenvalue weighted by molar-refractivity contribution is 5.84. The summed E-state index contributed by atoms with van der Waals surface area (Å²) in [4.78, 5) is 0. The first-order chi connectivity index (χ1) is 12.9. The summed E-state index contributed by atoms with van der Waals surface area (Å²) >= 11 is 0. The van der Waals surface area contributed by atoms with Crippen molar-refractivity contribution < 1.29 is 4.57 Å². The smallest absolute Gasteiger partial charge is 0.197 e. The van der Waals surface area contributed by atoms with Gasteiger partial charge in [0.15, 0.2) is 12.7 Å². The van der Waals surface area contributed by atoms with Crippen LogP contribution in [0.3, 0.4) is 0 Å². The van der Waals surface area contributed by atoms with Crippen LogP contribution < -0.4 is 4.57 Å². The molecular weight excluding hydrogens is 314 g/mol. The van der Waals surface area contributed by atoms with Crippen LogP contribution in [-0.4, -0.2) is 0 Å². The van der Waals surface area contributed by atoms with E-state index in [0.717, 1.165) is 13.0 Å². The van der Waals surface area contributed by atoms with Gasteiger partial charge in [0.05, 0.1) is 0 Å². The molecule has 3 aromatic rings. The van der Waals surface area contributed by atoms with Gasteiger partial charge in [-0.1, -0.05) is 91.8 Å². The van der Waals surface area contributed by atoms with Crippen molar-refractivity contribution in [3.8, 4) is 11.3 Å². The standard InChI is InChI=1S/C17H14N.4C2H6/c1-2-7-15-12-18-10-9-13-5-3-4-8-16(13)17(18)11-14(15)6-1;4*1-2/h1-8,11-12H,9-10H2;4*1-2H3/q+1;;;;. The molecule has 1 heteroatoms. The van der Waals surface area contributed by atoms with Crippen molar-refractivity contribution in [3.05, 3.63) is 66.4 Å². The van der Waals surface area contributed by atoms with Crippen LogP contribution >= 0.6 is 0 Å². The fourth-order valence-electron chi connectivity index (χ4n) is 2.87. The Labute approximate surface area is 161 Å². The average Bonchev–Trinajstić information content (AvgIpc) is 2.78. The highest BCUT2D eigenvalue weighted by Gasteiger charge is 2.22. The fraction of sp³-hybridized carbons (Fsp3) is 0.400. The fourth-order valence-corrected chi connectivity index (χ4v) is 2.87. The molecule has 0 spiro atoms. The molecule has 1 aromatic heterocycles. The Hall–Kier alpha value is -2.15. The van der Waals surface area contributed by atoms with Gasteiger partial charge in [-0.05, 0) is 23.1 Å². The highest BCUT2D eigenvalue weighted by Crippen LogP contribution is 2.27.